The summed E-state index contributed by atoms with van der Waals surface area (Å²) in [6.45, 7) is 7.35. The SMILES string of the molecule is C=C1C(O)CC=CC1(C(=O)O)C(C)C. The van der Waals surface area contributed by atoms with Gasteiger partial charge in [-0.25, -0.2) is 0 Å². The van der Waals surface area contributed by atoms with E-state index in [1.165, 1.54) is 0 Å². The van der Waals surface area contributed by atoms with Crippen molar-refractivity contribution in [2.24, 2.45) is 11.3 Å². The third-order valence-electron chi connectivity index (χ3n) is 2.94. The monoisotopic (exact) mass is 196 g/mol. The molecule has 78 valence electrons. The number of carboxylic acid groups (broad SMARTS) is 1. The quantitative estimate of drug-likeness (QED) is 0.659. The summed E-state index contributed by atoms with van der Waals surface area (Å²) in [4.78, 5) is 11.3. The van der Waals surface area contributed by atoms with Crippen LogP contribution in [0.4, 0.5) is 0 Å². The van der Waals surface area contributed by atoms with Crippen LogP contribution in [0.5, 0.6) is 0 Å². The minimum Gasteiger partial charge on any atom is -0.480 e. The van der Waals surface area contributed by atoms with Crippen molar-refractivity contribution in [2.75, 3.05) is 0 Å². The second kappa shape index (κ2) is 3.58. The Morgan fingerprint density at radius 1 is 1.71 bits per heavy atom. The van der Waals surface area contributed by atoms with Gasteiger partial charge in [-0.1, -0.05) is 32.6 Å². The van der Waals surface area contributed by atoms with Gasteiger partial charge in [0.25, 0.3) is 0 Å². The van der Waals surface area contributed by atoms with E-state index in [9.17, 15) is 15.0 Å². The molecule has 0 spiro atoms. The maximum atomic E-state index is 11.3. The van der Waals surface area contributed by atoms with Crippen molar-refractivity contribution in [1.29, 1.82) is 0 Å². The molecule has 14 heavy (non-hydrogen) atoms. The molecule has 0 bridgehead atoms. The van der Waals surface area contributed by atoms with Crippen molar-refractivity contribution >= 4 is 5.97 Å². The predicted octanol–water partition coefficient (Wildman–Crippen LogP) is 1.59. The van der Waals surface area contributed by atoms with Gasteiger partial charge in [0.15, 0.2) is 0 Å². The molecule has 1 aliphatic rings. The highest BCUT2D eigenvalue weighted by molar-refractivity contribution is 5.82. The fourth-order valence-electron chi connectivity index (χ4n) is 1.93. The molecule has 3 nitrogen and oxygen atoms in total. The van der Waals surface area contributed by atoms with Gasteiger partial charge in [0, 0.05) is 0 Å². The van der Waals surface area contributed by atoms with Gasteiger partial charge in [0.2, 0.25) is 0 Å². The molecule has 0 radical (unpaired) electrons. The van der Waals surface area contributed by atoms with Gasteiger partial charge in [0.05, 0.1) is 6.10 Å². The molecule has 2 N–H and O–H groups in total. The number of hydrogen-bond acceptors (Lipinski definition) is 2. The Bertz CT molecular complexity index is 291. The molecular weight excluding hydrogens is 180 g/mol. The molecule has 3 heteroatoms. The van der Waals surface area contributed by atoms with Gasteiger partial charge >= 0.3 is 5.97 Å². The van der Waals surface area contributed by atoms with Crippen LogP contribution in [0.1, 0.15) is 20.3 Å². The Kier molecular flexibility index (Phi) is 2.81. The van der Waals surface area contributed by atoms with Gasteiger partial charge in [-0.15, -0.1) is 0 Å². The minimum absolute atomic E-state index is 0.112. The second-order valence-electron chi connectivity index (χ2n) is 4.01. The summed E-state index contributed by atoms with van der Waals surface area (Å²) in [6, 6.07) is 0. The maximum absolute atomic E-state index is 11.3. The summed E-state index contributed by atoms with van der Waals surface area (Å²) < 4.78 is 0. The molecule has 0 fully saturated rings. The topological polar surface area (TPSA) is 57.5 Å². The lowest BCUT2D eigenvalue weighted by molar-refractivity contribution is -0.147. The predicted molar refractivity (Wildman–Crippen MR) is 53.8 cm³/mol. The molecule has 0 aromatic rings. The summed E-state index contributed by atoms with van der Waals surface area (Å²) in [6.07, 6.45) is 3.09. The van der Waals surface area contributed by atoms with Gasteiger partial charge in [-0.3, -0.25) is 4.79 Å². The van der Waals surface area contributed by atoms with E-state index in [0.717, 1.165) is 0 Å². The molecule has 0 saturated heterocycles. The van der Waals surface area contributed by atoms with E-state index in [4.69, 9.17) is 0 Å². The molecule has 2 atom stereocenters. The average molecular weight is 196 g/mol. The first kappa shape index (κ1) is 11.0. The highest BCUT2D eigenvalue weighted by Crippen LogP contribution is 2.42. The largest absolute Gasteiger partial charge is 0.480 e. The number of aliphatic carboxylic acids is 1. The second-order valence-corrected chi connectivity index (χ2v) is 4.01. The first-order valence-corrected chi connectivity index (χ1v) is 4.71. The Labute approximate surface area is 83.8 Å². The van der Waals surface area contributed by atoms with Crippen LogP contribution < -0.4 is 0 Å². The number of carboxylic acids is 1. The van der Waals surface area contributed by atoms with E-state index in [1.807, 2.05) is 13.8 Å². The number of carbonyl (C=O) groups is 1. The average Bonchev–Trinajstić information content (AvgIpc) is 2.08. The highest BCUT2D eigenvalue weighted by atomic mass is 16.4. The number of aliphatic hydroxyl groups is 1. The van der Waals surface area contributed by atoms with Crippen LogP contribution in [0.25, 0.3) is 0 Å². The van der Waals surface area contributed by atoms with Crippen LogP contribution >= 0.6 is 0 Å². The minimum atomic E-state index is -1.10. The molecule has 0 saturated carbocycles. The zero-order chi connectivity index (χ0) is 10.9. The molecular formula is C11H16O3. The third kappa shape index (κ3) is 1.38. The van der Waals surface area contributed by atoms with Gasteiger partial charge in [0.1, 0.15) is 5.41 Å². The zero-order valence-electron chi connectivity index (χ0n) is 8.53. The van der Waals surface area contributed by atoms with Crippen LogP contribution in [-0.2, 0) is 4.79 Å². The van der Waals surface area contributed by atoms with E-state index < -0.39 is 17.5 Å². The zero-order valence-corrected chi connectivity index (χ0v) is 8.53. The Balaban J connectivity index is 3.21. The Morgan fingerprint density at radius 3 is 2.64 bits per heavy atom. The fraction of sp³-hybridized carbons (Fsp3) is 0.545. The fourth-order valence-corrected chi connectivity index (χ4v) is 1.93. The highest BCUT2D eigenvalue weighted by Gasteiger charge is 2.45. The lowest BCUT2D eigenvalue weighted by Crippen LogP contribution is -2.41. The molecule has 0 amide bonds. The number of aliphatic hydroxyl groups excluding tert-OH is 1. The standard InChI is InChI=1S/C11H16O3/c1-7(2)11(10(13)14)6-4-5-9(12)8(11)3/h4,6-7,9,12H,3,5H2,1-2H3,(H,13,14). The Morgan fingerprint density at radius 2 is 2.29 bits per heavy atom. The number of rotatable bonds is 2. The van der Waals surface area contributed by atoms with E-state index in [0.29, 0.717) is 12.0 Å². The Hall–Kier alpha value is -1.09. The van der Waals surface area contributed by atoms with Crippen molar-refractivity contribution in [3.8, 4) is 0 Å². The molecule has 0 aromatic heterocycles. The lowest BCUT2D eigenvalue weighted by Gasteiger charge is -2.37. The van der Waals surface area contributed by atoms with Gasteiger partial charge in [-0.05, 0) is 17.9 Å². The molecule has 0 aromatic carbocycles. The van der Waals surface area contributed by atoms with Crippen molar-refractivity contribution in [3.05, 3.63) is 24.3 Å². The molecule has 0 aliphatic heterocycles. The van der Waals surface area contributed by atoms with E-state index in [1.54, 1.807) is 12.2 Å². The van der Waals surface area contributed by atoms with Crippen LogP contribution in [-0.4, -0.2) is 22.3 Å². The van der Waals surface area contributed by atoms with E-state index >= 15 is 0 Å². The first-order valence-electron chi connectivity index (χ1n) is 4.71. The van der Waals surface area contributed by atoms with Gasteiger partial charge in [-0.2, -0.15) is 0 Å². The van der Waals surface area contributed by atoms with Crippen LogP contribution in [0.3, 0.4) is 0 Å². The van der Waals surface area contributed by atoms with Crippen molar-refractivity contribution in [1.82, 2.24) is 0 Å². The summed E-state index contributed by atoms with van der Waals surface area (Å²) >= 11 is 0. The summed E-state index contributed by atoms with van der Waals surface area (Å²) in [5, 5.41) is 18.8. The van der Waals surface area contributed by atoms with E-state index in [2.05, 4.69) is 6.58 Å². The van der Waals surface area contributed by atoms with Gasteiger partial charge < -0.3 is 10.2 Å². The molecule has 1 aliphatic carbocycles. The van der Waals surface area contributed by atoms with E-state index in [-0.39, 0.29) is 5.92 Å². The van der Waals surface area contributed by atoms with Crippen LogP contribution in [0, 0.1) is 11.3 Å². The lowest BCUT2D eigenvalue weighted by atomic mass is 9.67. The molecule has 2 unspecified atom stereocenters. The van der Waals surface area contributed by atoms with Crippen LogP contribution in [0.2, 0.25) is 0 Å². The van der Waals surface area contributed by atoms with Crippen molar-refractivity contribution in [3.63, 3.8) is 0 Å². The van der Waals surface area contributed by atoms with Crippen LogP contribution in [0.15, 0.2) is 24.3 Å². The normalized spacial score (nSPS) is 32.3. The smallest absolute Gasteiger partial charge is 0.318 e. The molecule has 1 rings (SSSR count). The summed E-state index contributed by atoms with van der Waals surface area (Å²) in [5.74, 6) is -1.05. The summed E-state index contributed by atoms with van der Waals surface area (Å²) in [7, 11) is 0. The molecule has 0 heterocycles. The third-order valence-corrected chi connectivity index (χ3v) is 2.94. The van der Waals surface area contributed by atoms with Crippen molar-refractivity contribution in [2.45, 2.75) is 26.4 Å². The first-order chi connectivity index (χ1) is 6.43. The van der Waals surface area contributed by atoms with Crippen molar-refractivity contribution < 1.29 is 15.0 Å². The summed E-state index contributed by atoms with van der Waals surface area (Å²) in [5.41, 5.74) is -0.708. The maximum Gasteiger partial charge on any atom is 0.318 e. The number of hydrogen-bond donors (Lipinski definition) is 2.